The van der Waals surface area contributed by atoms with Gasteiger partial charge in [0, 0.05) is 11.6 Å². The number of aliphatic carboxylic acids is 1. The number of amides is 2. The number of carboxylic acids is 1. The fourth-order valence-electron chi connectivity index (χ4n) is 4.76. The summed E-state index contributed by atoms with van der Waals surface area (Å²) in [4.78, 5) is 36.5. The van der Waals surface area contributed by atoms with Gasteiger partial charge in [-0.25, -0.2) is 4.79 Å². The molecule has 3 N–H and O–H groups in total. The summed E-state index contributed by atoms with van der Waals surface area (Å²) in [6, 6.07) is 22.1. The third kappa shape index (κ3) is 4.25. The highest BCUT2D eigenvalue weighted by Crippen LogP contribution is 2.48. The molecule has 1 saturated carbocycles. The Morgan fingerprint density at radius 2 is 1.51 bits per heavy atom. The molecule has 0 aliphatic heterocycles. The van der Waals surface area contributed by atoms with Gasteiger partial charge in [0.1, 0.15) is 12.6 Å². The minimum Gasteiger partial charge on any atom is -0.481 e. The highest BCUT2D eigenvalue weighted by atomic mass is 16.5. The number of rotatable bonds is 7. The molecule has 0 bridgehead atoms. The number of ether oxygens (including phenoxy) is 1. The van der Waals surface area contributed by atoms with Crippen molar-refractivity contribution < 1.29 is 24.2 Å². The molecular formula is C28H26N2O5. The van der Waals surface area contributed by atoms with Gasteiger partial charge in [-0.05, 0) is 59.7 Å². The van der Waals surface area contributed by atoms with Crippen LogP contribution < -0.4 is 10.6 Å². The number of anilines is 1. The average molecular weight is 471 g/mol. The topological polar surface area (TPSA) is 105 Å². The number of fused-ring (bicyclic) bond motifs is 3. The maximum absolute atomic E-state index is 12.6. The molecule has 0 aromatic heterocycles. The molecule has 0 radical (unpaired) electrons. The number of carbonyl (C=O) groups is 3. The number of hydrogen-bond acceptors (Lipinski definition) is 4. The van der Waals surface area contributed by atoms with Gasteiger partial charge < -0.3 is 20.5 Å². The molecule has 5 rings (SSSR count). The highest BCUT2D eigenvalue weighted by Gasteiger charge is 2.51. The maximum Gasteiger partial charge on any atom is 0.407 e. The van der Waals surface area contributed by atoms with Crippen LogP contribution in [0.4, 0.5) is 10.5 Å². The van der Waals surface area contributed by atoms with E-state index in [9.17, 15) is 19.5 Å². The van der Waals surface area contributed by atoms with E-state index < -0.39 is 29.4 Å². The van der Waals surface area contributed by atoms with E-state index >= 15 is 0 Å². The molecule has 2 amide bonds. The van der Waals surface area contributed by atoms with E-state index in [4.69, 9.17) is 4.74 Å². The zero-order chi connectivity index (χ0) is 24.6. The third-order valence-electron chi connectivity index (χ3n) is 6.94. The van der Waals surface area contributed by atoms with Crippen molar-refractivity contribution >= 4 is 23.7 Å². The molecule has 3 aromatic rings. The highest BCUT2D eigenvalue weighted by molar-refractivity contribution is 5.96. The lowest BCUT2D eigenvalue weighted by atomic mass is 9.96. The summed E-state index contributed by atoms with van der Waals surface area (Å²) in [6.45, 7) is 1.75. The average Bonchev–Trinajstić information content (AvgIpc) is 3.62. The van der Waals surface area contributed by atoms with Crippen LogP contribution >= 0.6 is 0 Å². The second kappa shape index (κ2) is 8.91. The van der Waals surface area contributed by atoms with Crippen molar-refractivity contribution in [2.24, 2.45) is 0 Å². The number of alkyl carbamates (subject to hydrolysis) is 1. The molecule has 7 heteroatoms. The van der Waals surface area contributed by atoms with Crippen molar-refractivity contribution in [1.82, 2.24) is 5.32 Å². The van der Waals surface area contributed by atoms with Gasteiger partial charge >= 0.3 is 12.1 Å². The monoisotopic (exact) mass is 470 g/mol. The first-order valence-corrected chi connectivity index (χ1v) is 11.7. The van der Waals surface area contributed by atoms with Crippen molar-refractivity contribution in [3.05, 3.63) is 89.5 Å². The Morgan fingerprint density at radius 3 is 2.06 bits per heavy atom. The summed E-state index contributed by atoms with van der Waals surface area (Å²) in [5.41, 5.74) is 4.99. The lowest BCUT2D eigenvalue weighted by Crippen LogP contribution is -2.42. The lowest BCUT2D eigenvalue weighted by Gasteiger charge is -2.17. The fraction of sp³-hybridized carbons (Fsp3) is 0.250. The minimum absolute atomic E-state index is 0.0589. The molecule has 178 valence electrons. The van der Waals surface area contributed by atoms with Gasteiger partial charge in [0.05, 0.1) is 5.41 Å². The van der Waals surface area contributed by atoms with Crippen molar-refractivity contribution in [1.29, 1.82) is 0 Å². The molecule has 1 fully saturated rings. The first-order valence-electron chi connectivity index (χ1n) is 11.7. The number of hydrogen-bond donors (Lipinski definition) is 3. The van der Waals surface area contributed by atoms with Gasteiger partial charge in [-0.15, -0.1) is 0 Å². The predicted molar refractivity (Wildman–Crippen MR) is 131 cm³/mol. The Morgan fingerprint density at radius 1 is 0.943 bits per heavy atom. The van der Waals surface area contributed by atoms with Crippen molar-refractivity contribution in [3.8, 4) is 11.1 Å². The summed E-state index contributed by atoms with van der Waals surface area (Å²) in [7, 11) is 0. The van der Waals surface area contributed by atoms with Crippen molar-refractivity contribution in [2.75, 3.05) is 11.9 Å². The smallest absolute Gasteiger partial charge is 0.407 e. The van der Waals surface area contributed by atoms with Gasteiger partial charge in [0.2, 0.25) is 5.91 Å². The lowest BCUT2D eigenvalue weighted by molar-refractivity contribution is -0.140. The molecule has 0 unspecified atom stereocenters. The second-order valence-electron chi connectivity index (χ2n) is 9.15. The Labute approximate surface area is 203 Å². The van der Waals surface area contributed by atoms with E-state index in [1.807, 2.05) is 36.4 Å². The van der Waals surface area contributed by atoms with Crippen LogP contribution in [0, 0.1) is 0 Å². The van der Waals surface area contributed by atoms with Gasteiger partial charge in [-0.2, -0.15) is 0 Å². The van der Waals surface area contributed by atoms with Crippen LogP contribution in [0.1, 0.15) is 42.4 Å². The van der Waals surface area contributed by atoms with E-state index in [0.717, 1.165) is 27.8 Å². The van der Waals surface area contributed by atoms with Crippen LogP contribution in [-0.2, 0) is 19.7 Å². The molecule has 1 atom stereocenters. The maximum atomic E-state index is 12.6. The molecule has 0 heterocycles. The van der Waals surface area contributed by atoms with Crippen LogP contribution in [0.5, 0.6) is 0 Å². The standard InChI is InChI=1S/C28H26N2O5/c1-17(25(31)30-19-12-10-18(11-13-19)28(14-15-28)26(32)33)29-27(34)35-16-24-22-8-4-2-6-20(22)21-7-3-5-9-23(21)24/h2-13,17,24H,14-16H2,1H3,(H,29,34)(H,30,31)(H,32,33)/t17-/m0/s1. The van der Waals surface area contributed by atoms with Crippen LogP contribution in [-0.4, -0.2) is 35.7 Å². The van der Waals surface area contributed by atoms with Gasteiger partial charge in [-0.3, -0.25) is 9.59 Å². The number of carbonyl (C=O) groups excluding carboxylic acids is 2. The van der Waals surface area contributed by atoms with Crippen LogP contribution in [0.2, 0.25) is 0 Å². The zero-order valence-electron chi connectivity index (χ0n) is 19.3. The molecule has 3 aromatic carbocycles. The number of benzene rings is 3. The molecule has 7 nitrogen and oxygen atoms in total. The van der Waals surface area contributed by atoms with Gasteiger partial charge in [-0.1, -0.05) is 60.7 Å². The SMILES string of the molecule is C[C@H](NC(=O)OCC1c2ccccc2-c2ccccc21)C(=O)Nc1ccc(C2(C(=O)O)CC2)cc1. The summed E-state index contributed by atoms with van der Waals surface area (Å²) < 4.78 is 5.51. The predicted octanol–water partition coefficient (Wildman–Crippen LogP) is 4.67. The first-order chi connectivity index (χ1) is 16.9. The molecule has 0 saturated heterocycles. The Balaban J connectivity index is 1.16. The minimum atomic E-state index is -0.824. The van der Waals surface area contributed by atoms with Gasteiger partial charge in [0.15, 0.2) is 0 Å². The molecular weight excluding hydrogens is 444 g/mol. The normalized spacial score (nSPS) is 15.9. The quantitative estimate of drug-likeness (QED) is 0.466. The summed E-state index contributed by atoms with van der Waals surface area (Å²) in [5, 5.41) is 14.7. The van der Waals surface area contributed by atoms with Crippen molar-refractivity contribution in [2.45, 2.75) is 37.1 Å². The number of nitrogens with one attached hydrogen (secondary N) is 2. The molecule has 35 heavy (non-hydrogen) atoms. The second-order valence-corrected chi connectivity index (χ2v) is 9.15. The van der Waals surface area contributed by atoms with Crippen molar-refractivity contribution in [3.63, 3.8) is 0 Å². The Bertz CT molecular complexity index is 1250. The van der Waals surface area contributed by atoms with Gasteiger partial charge in [0.25, 0.3) is 0 Å². The van der Waals surface area contributed by atoms with Crippen LogP contribution in [0.15, 0.2) is 72.8 Å². The summed E-state index contributed by atoms with van der Waals surface area (Å²) >= 11 is 0. The number of carboxylic acid groups (broad SMARTS) is 1. The first kappa shape index (κ1) is 22.7. The third-order valence-corrected chi connectivity index (χ3v) is 6.94. The Kier molecular flexibility index (Phi) is 5.76. The van der Waals surface area contributed by atoms with Crippen LogP contribution in [0.25, 0.3) is 11.1 Å². The van der Waals surface area contributed by atoms with E-state index in [-0.39, 0.29) is 12.5 Å². The molecule has 2 aliphatic carbocycles. The van der Waals surface area contributed by atoms with E-state index in [2.05, 4.69) is 22.8 Å². The molecule has 0 spiro atoms. The summed E-state index contributed by atoms with van der Waals surface area (Å²) in [5.74, 6) is -1.28. The Hall–Kier alpha value is -4.13. The largest absolute Gasteiger partial charge is 0.481 e. The van der Waals surface area contributed by atoms with Crippen LogP contribution in [0.3, 0.4) is 0 Å². The van der Waals surface area contributed by atoms with E-state index in [1.54, 1.807) is 31.2 Å². The fourth-order valence-corrected chi connectivity index (χ4v) is 4.76. The van der Waals surface area contributed by atoms with E-state index in [0.29, 0.717) is 18.5 Å². The summed E-state index contributed by atoms with van der Waals surface area (Å²) in [6.07, 6.45) is 0.576. The molecule has 2 aliphatic rings. The van der Waals surface area contributed by atoms with E-state index in [1.165, 1.54) is 0 Å². The zero-order valence-corrected chi connectivity index (χ0v) is 19.3.